The Balaban J connectivity index is 2.32. The van der Waals surface area contributed by atoms with Crippen molar-refractivity contribution in [1.29, 1.82) is 0 Å². The summed E-state index contributed by atoms with van der Waals surface area (Å²) in [5.41, 5.74) is 8.80. The molecule has 0 radical (unpaired) electrons. The molecule has 0 aliphatic rings. The molecule has 0 saturated carbocycles. The lowest BCUT2D eigenvalue weighted by molar-refractivity contribution is 0.399. The van der Waals surface area contributed by atoms with Gasteiger partial charge in [-0.2, -0.15) is 0 Å². The third-order valence-corrected chi connectivity index (χ3v) is 2.83. The third kappa shape index (κ3) is 2.74. The summed E-state index contributed by atoms with van der Waals surface area (Å²) < 4.78 is 10.6. The molecule has 0 unspecified atom stereocenters. The van der Waals surface area contributed by atoms with Gasteiger partial charge in [0.15, 0.2) is 0 Å². The maximum Gasteiger partial charge on any atom is 0.122 e. The molecule has 0 spiro atoms. The van der Waals surface area contributed by atoms with E-state index in [1.54, 1.807) is 14.2 Å². The summed E-state index contributed by atoms with van der Waals surface area (Å²) in [5.74, 6) is 1.69. The normalized spacial score (nSPS) is 10.1. The van der Waals surface area contributed by atoms with Crippen LogP contribution in [0.25, 0.3) is 0 Å². The Hall–Kier alpha value is -2.16. The van der Waals surface area contributed by atoms with Gasteiger partial charge in [-0.15, -0.1) is 0 Å². The molecule has 0 aromatic heterocycles. The fourth-order valence-electron chi connectivity index (χ4n) is 1.94. The molecule has 2 N–H and O–H groups in total. The number of anilines is 1. The van der Waals surface area contributed by atoms with E-state index in [1.807, 2.05) is 36.4 Å². The number of benzene rings is 2. The van der Waals surface area contributed by atoms with Gasteiger partial charge < -0.3 is 15.2 Å². The molecule has 3 heteroatoms. The van der Waals surface area contributed by atoms with E-state index in [0.29, 0.717) is 0 Å². The SMILES string of the molecule is COc1ccc(OC)c(Cc2cccc(N)c2)c1. The summed E-state index contributed by atoms with van der Waals surface area (Å²) in [6.45, 7) is 0. The highest BCUT2D eigenvalue weighted by Gasteiger charge is 2.06. The monoisotopic (exact) mass is 243 g/mol. The lowest BCUT2D eigenvalue weighted by Gasteiger charge is -2.10. The number of ether oxygens (including phenoxy) is 2. The van der Waals surface area contributed by atoms with Crippen LogP contribution in [0.3, 0.4) is 0 Å². The molecule has 2 rings (SSSR count). The molecule has 0 atom stereocenters. The van der Waals surface area contributed by atoms with E-state index in [1.165, 1.54) is 0 Å². The van der Waals surface area contributed by atoms with Crippen LogP contribution in [0.1, 0.15) is 11.1 Å². The van der Waals surface area contributed by atoms with E-state index < -0.39 is 0 Å². The van der Waals surface area contributed by atoms with Crippen molar-refractivity contribution in [3.8, 4) is 11.5 Å². The molecular formula is C15H17NO2. The second kappa shape index (κ2) is 5.45. The Morgan fingerprint density at radius 3 is 2.50 bits per heavy atom. The van der Waals surface area contributed by atoms with E-state index in [2.05, 4.69) is 6.07 Å². The maximum absolute atomic E-state index is 5.78. The molecule has 2 aromatic rings. The van der Waals surface area contributed by atoms with Crippen LogP contribution in [0.5, 0.6) is 11.5 Å². The summed E-state index contributed by atoms with van der Waals surface area (Å²) in [5, 5.41) is 0. The largest absolute Gasteiger partial charge is 0.497 e. The minimum absolute atomic E-state index is 0.769. The topological polar surface area (TPSA) is 44.5 Å². The van der Waals surface area contributed by atoms with E-state index in [-0.39, 0.29) is 0 Å². The first-order valence-corrected chi connectivity index (χ1v) is 5.78. The van der Waals surface area contributed by atoms with Crippen LogP contribution in [0.2, 0.25) is 0 Å². The minimum atomic E-state index is 0.769. The summed E-state index contributed by atoms with van der Waals surface area (Å²) in [6, 6.07) is 13.7. The Labute approximate surface area is 107 Å². The van der Waals surface area contributed by atoms with E-state index >= 15 is 0 Å². The third-order valence-electron chi connectivity index (χ3n) is 2.83. The van der Waals surface area contributed by atoms with E-state index in [9.17, 15) is 0 Å². The molecule has 0 aliphatic carbocycles. The standard InChI is InChI=1S/C15H17NO2/c1-17-14-6-7-15(18-2)12(10-14)8-11-4-3-5-13(16)9-11/h3-7,9-10H,8,16H2,1-2H3. The van der Waals surface area contributed by atoms with Crippen molar-refractivity contribution < 1.29 is 9.47 Å². The van der Waals surface area contributed by atoms with Crippen molar-refractivity contribution in [3.63, 3.8) is 0 Å². The number of rotatable bonds is 4. The number of hydrogen-bond donors (Lipinski definition) is 1. The van der Waals surface area contributed by atoms with Crippen LogP contribution >= 0.6 is 0 Å². The smallest absolute Gasteiger partial charge is 0.122 e. The highest BCUT2D eigenvalue weighted by Crippen LogP contribution is 2.26. The number of nitrogen functional groups attached to an aromatic ring is 1. The Bertz CT molecular complexity index is 538. The first-order chi connectivity index (χ1) is 8.72. The molecule has 0 saturated heterocycles. The summed E-state index contributed by atoms with van der Waals surface area (Å²) in [4.78, 5) is 0. The van der Waals surface area contributed by atoms with Crippen molar-refractivity contribution in [2.45, 2.75) is 6.42 Å². The molecule has 0 fully saturated rings. The van der Waals surface area contributed by atoms with Crippen molar-refractivity contribution in [2.24, 2.45) is 0 Å². The van der Waals surface area contributed by atoms with Crippen LogP contribution in [0.4, 0.5) is 5.69 Å². The lowest BCUT2D eigenvalue weighted by Crippen LogP contribution is -1.96. The summed E-state index contributed by atoms with van der Waals surface area (Å²) in [6.07, 6.45) is 0.769. The second-order valence-corrected chi connectivity index (χ2v) is 4.10. The number of methoxy groups -OCH3 is 2. The highest BCUT2D eigenvalue weighted by atomic mass is 16.5. The first-order valence-electron chi connectivity index (χ1n) is 5.78. The van der Waals surface area contributed by atoms with E-state index in [4.69, 9.17) is 15.2 Å². The van der Waals surface area contributed by atoms with Crippen LogP contribution in [-0.4, -0.2) is 14.2 Å². The molecule has 18 heavy (non-hydrogen) atoms. The fraction of sp³-hybridized carbons (Fsp3) is 0.200. The quantitative estimate of drug-likeness (QED) is 0.840. The molecule has 94 valence electrons. The second-order valence-electron chi connectivity index (χ2n) is 4.10. The van der Waals surface area contributed by atoms with Gasteiger partial charge in [0.2, 0.25) is 0 Å². The maximum atomic E-state index is 5.78. The highest BCUT2D eigenvalue weighted by molar-refractivity contribution is 5.46. The molecule has 2 aromatic carbocycles. The zero-order valence-corrected chi connectivity index (χ0v) is 10.6. The van der Waals surface area contributed by atoms with Gasteiger partial charge in [0.1, 0.15) is 11.5 Å². The Morgan fingerprint density at radius 2 is 1.83 bits per heavy atom. The lowest BCUT2D eigenvalue weighted by atomic mass is 10.0. The minimum Gasteiger partial charge on any atom is -0.497 e. The zero-order valence-electron chi connectivity index (χ0n) is 10.6. The molecule has 0 aliphatic heterocycles. The average Bonchev–Trinajstić information content (AvgIpc) is 2.38. The van der Waals surface area contributed by atoms with Gasteiger partial charge in [0.25, 0.3) is 0 Å². The number of hydrogen-bond acceptors (Lipinski definition) is 3. The van der Waals surface area contributed by atoms with Gasteiger partial charge in [-0.25, -0.2) is 0 Å². The fourth-order valence-corrected chi connectivity index (χ4v) is 1.94. The van der Waals surface area contributed by atoms with Gasteiger partial charge in [0, 0.05) is 17.7 Å². The van der Waals surface area contributed by atoms with Crippen molar-refractivity contribution in [2.75, 3.05) is 20.0 Å². The first kappa shape index (κ1) is 12.3. The van der Waals surface area contributed by atoms with Gasteiger partial charge in [-0.05, 0) is 35.9 Å². The summed E-state index contributed by atoms with van der Waals surface area (Å²) in [7, 11) is 3.33. The van der Waals surface area contributed by atoms with Crippen LogP contribution < -0.4 is 15.2 Å². The van der Waals surface area contributed by atoms with Gasteiger partial charge >= 0.3 is 0 Å². The van der Waals surface area contributed by atoms with Gasteiger partial charge in [-0.1, -0.05) is 12.1 Å². The van der Waals surface area contributed by atoms with Crippen molar-refractivity contribution in [1.82, 2.24) is 0 Å². The summed E-state index contributed by atoms with van der Waals surface area (Å²) >= 11 is 0. The average molecular weight is 243 g/mol. The molecular weight excluding hydrogens is 226 g/mol. The van der Waals surface area contributed by atoms with Crippen molar-refractivity contribution >= 4 is 5.69 Å². The number of nitrogens with two attached hydrogens (primary N) is 1. The zero-order chi connectivity index (χ0) is 13.0. The van der Waals surface area contributed by atoms with E-state index in [0.717, 1.165) is 34.7 Å². The van der Waals surface area contributed by atoms with Crippen LogP contribution in [-0.2, 0) is 6.42 Å². The molecule has 0 bridgehead atoms. The Morgan fingerprint density at radius 1 is 1.00 bits per heavy atom. The van der Waals surface area contributed by atoms with Crippen molar-refractivity contribution in [3.05, 3.63) is 53.6 Å². The van der Waals surface area contributed by atoms with Crippen LogP contribution in [0, 0.1) is 0 Å². The van der Waals surface area contributed by atoms with Crippen LogP contribution in [0.15, 0.2) is 42.5 Å². The molecule has 0 amide bonds. The molecule has 0 heterocycles. The Kier molecular flexibility index (Phi) is 3.72. The van der Waals surface area contributed by atoms with Gasteiger partial charge in [0.05, 0.1) is 14.2 Å². The predicted molar refractivity (Wildman–Crippen MR) is 73.2 cm³/mol. The molecule has 3 nitrogen and oxygen atoms in total. The van der Waals surface area contributed by atoms with Gasteiger partial charge in [-0.3, -0.25) is 0 Å². The predicted octanol–water partition coefficient (Wildman–Crippen LogP) is 2.88.